The van der Waals surface area contributed by atoms with Crippen LogP contribution in [0.4, 0.5) is 0 Å². The number of hydrogen-bond donors (Lipinski definition) is 1. The Labute approximate surface area is 176 Å². The van der Waals surface area contributed by atoms with Gasteiger partial charge in [-0.2, -0.15) is 5.10 Å². The highest BCUT2D eigenvalue weighted by molar-refractivity contribution is 5.85. The zero-order valence-electron chi connectivity index (χ0n) is 17.6. The summed E-state index contributed by atoms with van der Waals surface area (Å²) < 4.78 is 1.87. The second kappa shape index (κ2) is 9.84. The highest BCUT2D eigenvalue weighted by Gasteiger charge is 2.18. The number of rotatable bonds is 8. The summed E-state index contributed by atoms with van der Waals surface area (Å²) in [6, 6.07) is 20.0. The zero-order valence-corrected chi connectivity index (χ0v) is 17.6. The normalized spacial score (nSPS) is 10.8. The summed E-state index contributed by atoms with van der Waals surface area (Å²) in [4.78, 5) is 27.3. The Bertz CT molecular complexity index is 985. The molecule has 3 rings (SSSR count). The molecule has 7 nitrogen and oxygen atoms in total. The van der Waals surface area contributed by atoms with Gasteiger partial charge < -0.3 is 10.2 Å². The van der Waals surface area contributed by atoms with Crippen LogP contribution in [-0.2, 0) is 16.1 Å². The van der Waals surface area contributed by atoms with Crippen molar-refractivity contribution in [3.05, 3.63) is 72.4 Å². The van der Waals surface area contributed by atoms with Crippen LogP contribution in [0.5, 0.6) is 0 Å². The van der Waals surface area contributed by atoms with Gasteiger partial charge in [0.15, 0.2) is 0 Å². The quantitative estimate of drug-likeness (QED) is 0.624. The number of hydrogen-bond acceptors (Lipinski definition) is 4. The Morgan fingerprint density at radius 3 is 2.23 bits per heavy atom. The van der Waals surface area contributed by atoms with Crippen molar-refractivity contribution in [2.45, 2.75) is 6.54 Å². The molecule has 2 amide bonds. The molecule has 0 aliphatic carbocycles. The first-order valence-electron chi connectivity index (χ1n) is 9.80. The molecule has 0 saturated heterocycles. The van der Waals surface area contributed by atoms with Gasteiger partial charge in [-0.15, -0.1) is 0 Å². The van der Waals surface area contributed by atoms with Crippen LogP contribution in [-0.4, -0.2) is 65.6 Å². The molecule has 1 aromatic heterocycles. The van der Waals surface area contributed by atoms with E-state index in [0.717, 1.165) is 22.5 Å². The minimum atomic E-state index is -0.191. The molecule has 1 N–H and O–H groups in total. The first kappa shape index (κ1) is 21.3. The molecule has 3 aromatic rings. The molecule has 30 heavy (non-hydrogen) atoms. The van der Waals surface area contributed by atoms with Gasteiger partial charge in [-0.3, -0.25) is 14.5 Å². The number of carbonyl (C=O) groups is 2. The summed E-state index contributed by atoms with van der Waals surface area (Å²) in [6.07, 6.45) is 2.01. The molecule has 0 saturated carbocycles. The number of nitrogens with zero attached hydrogens (tertiary/aromatic N) is 4. The van der Waals surface area contributed by atoms with E-state index in [2.05, 4.69) is 5.32 Å². The average Bonchev–Trinajstić information content (AvgIpc) is 3.18. The summed E-state index contributed by atoms with van der Waals surface area (Å²) in [5, 5.41) is 7.34. The molecule has 0 bridgehead atoms. The van der Waals surface area contributed by atoms with E-state index >= 15 is 0 Å². The Morgan fingerprint density at radius 1 is 0.967 bits per heavy atom. The maximum atomic E-state index is 12.5. The molecule has 2 aromatic carbocycles. The van der Waals surface area contributed by atoms with Crippen LogP contribution in [0, 0.1) is 0 Å². The van der Waals surface area contributed by atoms with Crippen LogP contribution in [0.3, 0.4) is 0 Å². The van der Waals surface area contributed by atoms with Crippen LogP contribution in [0.15, 0.2) is 66.9 Å². The van der Waals surface area contributed by atoms with Crippen molar-refractivity contribution >= 4 is 11.8 Å². The van der Waals surface area contributed by atoms with Crippen molar-refractivity contribution in [2.75, 3.05) is 34.2 Å². The maximum Gasteiger partial charge on any atom is 0.239 e. The third-order valence-electron chi connectivity index (χ3n) is 4.79. The van der Waals surface area contributed by atoms with E-state index in [1.807, 2.05) is 83.5 Å². The summed E-state index contributed by atoms with van der Waals surface area (Å²) >= 11 is 0. The Balaban J connectivity index is 1.79. The molecule has 0 radical (unpaired) electrons. The Hall–Kier alpha value is -3.45. The standard InChI is InChI=1S/C23H27N5O2/c1-24-21(29)16-27(3)22(30)17-26(2)14-19-15-28(20-12-8-5-9-13-20)25-23(19)18-10-6-4-7-11-18/h4-13,15H,14,16-17H2,1-3H3,(H,24,29). The number of benzene rings is 2. The molecule has 156 valence electrons. The van der Waals surface area contributed by atoms with E-state index in [0.29, 0.717) is 6.54 Å². The molecule has 0 aliphatic rings. The van der Waals surface area contributed by atoms with Gasteiger partial charge in [0, 0.05) is 38.0 Å². The van der Waals surface area contributed by atoms with Crippen molar-refractivity contribution in [3.63, 3.8) is 0 Å². The van der Waals surface area contributed by atoms with Crippen LogP contribution in [0.2, 0.25) is 0 Å². The maximum absolute atomic E-state index is 12.5. The highest BCUT2D eigenvalue weighted by Crippen LogP contribution is 2.24. The summed E-state index contributed by atoms with van der Waals surface area (Å²) in [6.45, 7) is 0.805. The van der Waals surface area contributed by atoms with E-state index < -0.39 is 0 Å². The lowest BCUT2D eigenvalue weighted by Crippen LogP contribution is -2.41. The number of amides is 2. The topological polar surface area (TPSA) is 70.5 Å². The van der Waals surface area contributed by atoms with E-state index in [1.165, 1.54) is 4.90 Å². The second-order valence-electron chi connectivity index (χ2n) is 7.24. The highest BCUT2D eigenvalue weighted by atomic mass is 16.2. The number of nitrogens with one attached hydrogen (secondary N) is 1. The van der Waals surface area contributed by atoms with Gasteiger partial charge in [0.1, 0.15) is 0 Å². The number of likely N-dealkylation sites (N-methyl/N-ethyl adjacent to an activating group) is 3. The largest absolute Gasteiger partial charge is 0.358 e. The van der Waals surface area contributed by atoms with Crippen molar-refractivity contribution in [1.29, 1.82) is 0 Å². The SMILES string of the molecule is CNC(=O)CN(C)C(=O)CN(C)Cc1cn(-c2ccccc2)nc1-c1ccccc1. The predicted molar refractivity (Wildman–Crippen MR) is 117 cm³/mol. The van der Waals surface area contributed by atoms with Crippen molar-refractivity contribution in [1.82, 2.24) is 24.9 Å². The van der Waals surface area contributed by atoms with Crippen LogP contribution < -0.4 is 5.32 Å². The van der Waals surface area contributed by atoms with Gasteiger partial charge in [0.25, 0.3) is 0 Å². The van der Waals surface area contributed by atoms with Gasteiger partial charge in [0.2, 0.25) is 11.8 Å². The van der Waals surface area contributed by atoms with Gasteiger partial charge in [-0.05, 0) is 19.2 Å². The smallest absolute Gasteiger partial charge is 0.239 e. The lowest BCUT2D eigenvalue weighted by Gasteiger charge is -2.21. The fourth-order valence-electron chi connectivity index (χ4n) is 3.16. The monoisotopic (exact) mass is 405 g/mol. The van der Waals surface area contributed by atoms with Crippen LogP contribution in [0.25, 0.3) is 16.9 Å². The van der Waals surface area contributed by atoms with Crippen molar-refractivity contribution in [3.8, 4) is 16.9 Å². The van der Waals surface area contributed by atoms with E-state index in [1.54, 1.807) is 14.1 Å². The van der Waals surface area contributed by atoms with Crippen molar-refractivity contribution in [2.24, 2.45) is 0 Å². The minimum Gasteiger partial charge on any atom is -0.358 e. The van der Waals surface area contributed by atoms with Crippen LogP contribution >= 0.6 is 0 Å². The average molecular weight is 406 g/mol. The lowest BCUT2D eigenvalue weighted by molar-refractivity contribution is -0.135. The number of carbonyl (C=O) groups excluding carboxylic acids is 2. The second-order valence-corrected chi connectivity index (χ2v) is 7.24. The van der Waals surface area contributed by atoms with Gasteiger partial charge >= 0.3 is 0 Å². The molecule has 0 atom stereocenters. The molecule has 1 heterocycles. The minimum absolute atomic E-state index is 0.0460. The van der Waals surface area contributed by atoms with E-state index in [4.69, 9.17) is 5.10 Å². The Kier molecular flexibility index (Phi) is 6.98. The van der Waals surface area contributed by atoms with E-state index in [-0.39, 0.29) is 24.9 Å². The molecule has 0 fully saturated rings. The molecular weight excluding hydrogens is 378 g/mol. The summed E-state index contributed by atoms with van der Waals surface area (Å²) in [5.74, 6) is -0.304. The first-order valence-corrected chi connectivity index (χ1v) is 9.80. The van der Waals surface area contributed by atoms with Gasteiger partial charge in [0.05, 0.1) is 24.5 Å². The van der Waals surface area contributed by atoms with Gasteiger partial charge in [-0.25, -0.2) is 4.68 Å². The lowest BCUT2D eigenvalue weighted by atomic mass is 10.1. The zero-order chi connectivity index (χ0) is 21.5. The predicted octanol–water partition coefficient (Wildman–Crippen LogP) is 2.18. The first-order chi connectivity index (χ1) is 14.5. The fraction of sp³-hybridized carbons (Fsp3) is 0.261. The Morgan fingerprint density at radius 2 is 1.60 bits per heavy atom. The summed E-state index contributed by atoms with van der Waals surface area (Å²) in [7, 11) is 5.08. The molecule has 0 aliphatic heterocycles. The van der Waals surface area contributed by atoms with E-state index in [9.17, 15) is 9.59 Å². The molecular formula is C23H27N5O2. The summed E-state index contributed by atoms with van der Waals surface area (Å²) in [5.41, 5.74) is 3.91. The van der Waals surface area contributed by atoms with Crippen LogP contribution in [0.1, 0.15) is 5.56 Å². The van der Waals surface area contributed by atoms with Gasteiger partial charge in [-0.1, -0.05) is 48.5 Å². The molecule has 0 unspecified atom stereocenters. The number of para-hydroxylation sites is 1. The molecule has 0 spiro atoms. The van der Waals surface area contributed by atoms with Crippen molar-refractivity contribution < 1.29 is 9.59 Å². The number of aromatic nitrogens is 2. The third kappa shape index (κ3) is 5.33. The third-order valence-corrected chi connectivity index (χ3v) is 4.79. The molecule has 7 heteroatoms. The fourth-order valence-corrected chi connectivity index (χ4v) is 3.16.